The third kappa shape index (κ3) is 2.75. The van der Waals surface area contributed by atoms with Crippen molar-refractivity contribution in [3.8, 4) is 5.75 Å². The molecule has 1 aromatic rings. The molecule has 0 amide bonds. The predicted octanol–water partition coefficient (Wildman–Crippen LogP) is 3.00. The molecule has 0 spiro atoms. The highest BCUT2D eigenvalue weighted by Gasteiger charge is 2.35. The number of nitrogens with two attached hydrogens (primary N) is 1. The smallest absolute Gasteiger partial charge is 0.133 e. The van der Waals surface area contributed by atoms with E-state index in [0.29, 0.717) is 5.41 Å². The van der Waals surface area contributed by atoms with Crippen molar-refractivity contribution in [2.75, 3.05) is 25.5 Å². The zero-order valence-electron chi connectivity index (χ0n) is 10.1. The van der Waals surface area contributed by atoms with Crippen LogP contribution in [0.4, 0.5) is 5.69 Å². The number of benzene rings is 1. The van der Waals surface area contributed by atoms with Crippen LogP contribution in [0, 0.1) is 5.41 Å². The zero-order valence-corrected chi connectivity index (χ0v) is 11.7. The Morgan fingerprint density at radius 2 is 2.24 bits per heavy atom. The Morgan fingerprint density at radius 3 is 2.71 bits per heavy atom. The topological polar surface area (TPSA) is 47.3 Å². The van der Waals surface area contributed by atoms with Crippen molar-refractivity contribution in [2.24, 2.45) is 11.1 Å². The van der Waals surface area contributed by atoms with Crippen LogP contribution in [0.5, 0.6) is 5.75 Å². The average molecular weight is 299 g/mol. The minimum absolute atomic E-state index is 0.326. The maximum Gasteiger partial charge on any atom is 0.133 e. The molecule has 1 aliphatic rings. The fourth-order valence-corrected chi connectivity index (χ4v) is 2.74. The summed E-state index contributed by atoms with van der Waals surface area (Å²) in [5.41, 5.74) is 7.27. The van der Waals surface area contributed by atoms with Crippen LogP contribution in [-0.4, -0.2) is 20.2 Å². The lowest BCUT2D eigenvalue weighted by Crippen LogP contribution is -2.42. The molecule has 1 aromatic carbocycles. The van der Waals surface area contributed by atoms with Gasteiger partial charge in [-0.15, -0.1) is 0 Å². The average Bonchev–Trinajstić information content (AvgIpc) is 2.28. The van der Waals surface area contributed by atoms with Crippen molar-refractivity contribution in [1.82, 2.24) is 0 Å². The van der Waals surface area contributed by atoms with Gasteiger partial charge in [0.15, 0.2) is 0 Å². The standard InChI is InChI=1S/C13H19BrN2O/c1-17-12-4-3-10(7-11(12)14)16-9-13(8-15)5-2-6-13/h3-4,7,16H,2,5-6,8-9,15H2,1H3. The fraction of sp³-hybridized carbons (Fsp3) is 0.538. The predicted molar refractivity (Wildman–Crippen MR) is 74.5 cm³/mol. The summed E-state index contributed by atoms with van der Waals surface area (Å²) in [6, 6.07) is 6.04. The summed E-state index contributed by atoms with van der Waals surface area (Å²) in [7, 11) is 1.67. The highest BCUT2D eigenvalue weighted by atomic mass is 79.9. The SMILES string of the molecule is COc1ccc(NCC2(CN)CCC2)cc1Br. The molecule has 1 saturated carbocycles. The van der Waals surface area contributed by atoms with Gasteiger partial charge in [-0.1, -0.05) is 6.42 Å². The molecule has 94 valence electrons. The minimum atomic E-state index is 0.326. The highest BCUT2D eigenvalue weighted by Crippen LogP contribution is 2.40. The number of ether oxygens (including phenoxy) is 1. The van der Waals surface area contributed by atoms with Gasteiger partial charge in [-0.25, -0.2) is 0 Å². The molecule has 0 unspecified atom stereocenters. The van der Waals surface area contributed by atoms with Crippen LogP contribution in [0.25, 0.3) is 0 Å². The molecule has 3 nitrogen and oxygen atoms in total. The number of hydrogen-bond donors (Lipinski definition) is 2. The first-order valence-corrected chi connectivity index (χ1v) is 6.76. The lowest BCUT2D eigenvalue weighted by molar-refractivity contribution is 0.163. The van der Waals surface area contributed by atoms with Crippen LogP contribution in [0.15, 0.2) is 22.7 Å². The second kappa shape index (κ2) is 5.27. The van der Waals surface area contributed by atoms with Crippen molar-refractivity contribution in [3.63, 3.8) is 0 Å². The van der Waals surface area contributed by atoms with Gasteiger partial charge in [0.1, 0.15) is 5.75 Å². The van der Waals surface area contributed by atoms with E-state index in [1.54, 1.807) is 7.11 Å². The monoisotopic (exact) mass is 298 g/mol. The molecule has 0 atom stereocenters. The third-order valence-electron chi connectivity index (χ3n) is 3.67. The Morgan fingerprint density at radius 1 is 1.47 bits per heavy atom. The lowest BCUT2D eigenvalue weighted by atomic mass is 9.69. The first-order chi connectivity index (χ1) is 8.19. The number of nitrogens with one attached hydrogen (secondary N) is 1. The van der Waals surface area contributed by atoms with E-state index in [9.17, 15) is 0 Å². The number of hydrogen-bond acceptors (Lipinski definition) is 3. The molecule has 0 radical (unpaired) electrons. The Balaban J connectivity index is 1.97. The van der Waals surface area contributed by atoms with Crippen molar-refractivity contribution >= 4 is 21.6 Å². The normalized spacial score (nSPS) is 17.4. The summed E-state index contributed by atoms with van der Waals surface area (Å²) in [5.74, 6) is 0.854. The van der Waals surface area contributed by atoms with Crippen LogP contribution in [-0.2, 0) is 0 Å². The number of rotatable bonds is 5. The minimum Gasteiger partial charge on any atom is -0.496 e. The number of methoxy groups -OCH3 is 1. The molecule has 3 N–H and O–H groups in total. The van der Waals surface area contributed by atoms with Gasteiger partial charge in [0.05, 0.1) is 11.6 Å². The summed E-state index contributed by atoms with van der Waals surface area (Å²) in [4.78, 5) is 0. The molecule has 0 aromatic heterocycles. The van der Waals surface area contributed by atoms with Crippen LogP contribution < -0.4 is 15.8 Å². The molecular weight excluding hydrogens is 280 g/mol. The number of anilines is 1. The summed E-state index contributed by atoms with van der Waals surface area (Å²) in [5, 5.41) is 3.46. The van der Waals surface area contributed by atoms with Crippen LogP contribution in [0.1, 0.15) is 19.3 Å². The molecule has 0 aliphatic heterocycles. The summed E-state index contributed by atoms with van der Waals surface area (Å²) < 4.78 is 6.18. The zero-order chi connectivity index (χ0) is 12.3. The van der Waals surface area contributed by atoms with Gasteiger partial charge in [0.2, 0.25) is 0 Å². The molecule has 0 bridgehead atoms. The van der Waals surface area contributed by atoms with E-state index in [2.05, 4.69) is 21.2 Å². The molecular formula is C13H19BrN2O. The largest absolute Gasteiger partial charge is 0.496 e. The summed E-state index contributed by atoms with van der Waals surface area (Å²) >= 11 is 3.49. The second-order valence-electron chi connectivity index (χ2n) is 4.76. The van der Waals surface area contributed by atoms with Crippen molar-refractivity contribution in [2.45, 2.75) is 19.3 Å². The van der Waals surface area contributed by atoms with Crippen LogP contribution in [0.3, 0.4) is 0 Å². The van der Waals surface area contributed by atoms with Gasteiger partial charge in [-0.3, -0.25) is 0 Å². The third-order valence-corrected chi connectivity index (χ3v) is 4.29. The molecule has 4 heteroatoms. The maximum absolute atomic E-state index is 5.84. The lowest BCUT2D eigenvalue weighted by Gasteiger charge is -2.41. The Labute approximate surface area is 111 Å². The molecule has 0 heterocycles. The van der Waals surface area contributed by atoms with E-state index >= 15 is 0 Å². The molecule has 17 heavy (non-hydrogen) atoms. The fourth-order valence-electron chi connectivity index (χ4n) is 2.20. The Kier molecular flexibility index (Phi) is 3.94. The van der Waals surface area contributed by atoms with Crippen molar-refractivity contribution in [1.29, 1.82) is 0 Å². The van der Waals surface area contributed by atoms with Gasteiger partial charge in [0.25, 0.3) is 0 Å². The number of halogens is 1. The Hall–Kier alpha value is -0.740. The van der Waals surface area contributed by atoms with Crippen molar-refractivity contribution < 1.29 is 4.74 Å². The van der Waals surface area contributed by atoms with Gasteiger partial charge in [0, 0.05) is 12.2 Å². The van der Waals surface area contributed by atoms with E-state index in [1.807, 2.05) is 18.2 Å². The second-order valence-corrected chi connectivity index (χ2v) is 5.61. The quantitative estimate of drug-likeness (QED) is 0.878. The molecule has 1 aliphatic carbocycles. The molecule has 0 saturated heterocycles. The van der Waals surface area contributed by atoms with Gasteiger partial charge in [-0.05, 0) is 58.9 Å². The van der Waals surface area contributed by atoms with E-state index in [-0.39, 0.29) is 0 Å². The van der Waals surface area contributed by atoms with E-state index in [4.69, 9.17) is 10.5 Å². The van der Waals surface area contributed by atoms with Gasteiger partial charge >= 0.3 is 0 Å². The van der Waals surface area contributed by atoms with E-state index in [1.165, 1.54) is 19.3 Å². The molecule has 1 fully saturated rings. The Bertz CT molecular complexity index is 385. The highest BCUT2D eigenvalue weighted by molar-refractivity contribution is 9.10. The van der Waals surface area contributed by atoms with Crippen molar-refractivity contribution in [3.05, 3.63) is 22.7 Å². The molecule has 2 rings (SSSR count). The summed E-state index contributed by atoms with van der Waals surface area (Å²) in [6.07, 6.45) is 3.80. The van der Waals surface area contributed by atoms with Crippen LogP contribution >= 0.6 is 15.9 Å². The van der Waals surface area contributed by atoms with Gasteiger partial charge in [-0.2, -0.15) is 0 Å². The van der Waals surface area contributed by atoms with E-state index < -0.39 is 0 Å². The first kappa shape index (κ1) is 12.7. The van der Waals surface area contributed by atoms with E-state index in [0.717, 1.165) is 29.0 Å². The van der Waals surface area contributed by atoms with Crippen LogP contribution in [0.2, 0.25) is 0 Å². The first-order valence-electron chi connectivity index (χ1n) is 5.97. The maximum atomic E-state index is 5.84. The summed E-state index contributed by atoms with van der Waals surface area (Å²) in [6.45, 7) is 1.74. The van der Waals surface area contributed by atoms with Gasteiger partial charge < -0.3 is 15.8 Å².